The Balaban J connectivity index is 2.55. The van der Waals surface area contributed by atoms with Crippen molar-refractivity contribution in [3.05, 3.63) is 17.3 Å². The van der Waals surface area contributed by atoms with Crippen LogP contribution in [0.4, 0.5) is 5.82 Å². The largest absolute Gasteiger partial charge is 0.396 e. The summed E-state index contributed by atoms with van der Waals surface area (Å²) >= 11 is 0. The van der Waals surface area contributed by atoms with Gasteiger partial charge in [0, 0.05) is 25.6 Å². The molecule has 0 aliphatic heterocycles. The van der Waals surface area contributed by atoms with Gasteiger partial charge in [-0.25, -0.2) is 10.8 Å². The van der Waals surface area contributed by atoms with Gasteiger partial charge < -0.3 is 5.11 Å². The van der Waals surface area contributed by atoms with Crippen molar-refractivity contribution in [1.29, 1.82) is 0 Å². The van der Waals surface area contributed by atoms with Crippen molar-refractivity contribution < 1.29 is 5.11 Å². The number of nitrogens with two attached hydrogens (primary N) is 1. The maximum Gasteiger partial charge on any atom is 0.160 e. The predicted octanol–water partition coefficient (Wildman–Crippen LogP) is 1.46. The molecule has 2 aromatic heterocycles. The lowest BCUT2D eigenvalue weighted by Gasteiger charge is -2.19. The fourth-order valence-electron chi connectivity index (χ4n) is 2.42. The predicted molar refractivity (Wildman–Crippen MR) is 80.6 cm³/mol. The molecule has 2 heterocycles. The first-order valence-electron chi connectivity index (χ1n) is 6.93. The highest BCUT2D eigenvalue weighted by Crippen LogP contribution is 2.29. The number of aliphatic hydroxyl groups excluding tert-OH is 1. The third-order valence-corrected chi connectivity index (χ3v) is 3.46. The molecule has 0 bridgehead atoms. The van der Waals surface area contributed by atoms with E-state index in [0.717, 1.165) is 22.5 Å². The molecule has 0 unspecified atom stereocenters. The first kappa shape index (κ1) is 14.7. The molecule has 6 heteroatoms. The molecule has 20 heavy (non-hydrogen) atoms. The molecule has 0 aromatic carbocycles. The van der Waals surface area contributed by atoms with Gasteiger partial charge in [0.25, 0.3) is 0 Å². The van der Waals surface area contributed by atoms with E-state index in [1.165, 1.54) is 5.56 Å². The van der Waals surface area contributed by atoms with Gasteiger partial charge >= 0.3 is 0 Å². The Morgan fingerprint density at radius 3 is 2.75 bits per heavy atom. The highest BCUT2D eigenvalue weighted by Gasteiger charge is 2.17. The second-order valence-electron chi connectivity index (χ2n) is 5.40. The van der Waals surface area contributed by atoms with Gasteiger partial charge in [0.05, 0.1) is 5.69 Å². The molecule has 0 saturated carbocycles. The van der Waals surface area contributed by atoms with E-state index in [-0.39, 0.29) is 6.61 Å². The molecular formula is C14H23N5O. The van der Waals surface area contributed by atoms with E-state index in [2.05, 4.69) is 23.9 Å². The van der Waals surface area contributed by atoms with Crippen LogP contribution in [0.1, 0.15) is 37.4 Å². The van der Waals surface area contributed by atoms with Gasteiger partial charge in [0.15, 0.2) is 5.65 Å². The van der Waals surface area contributed by atoms with E-state index in [9.17, 15) is 0 Å². The molecule has 0 spiro atoms. The van der Waals surface area contributed by atoms with Crippen LogP contribution >= 0.6 is 0 Å². The summed E-state index contributed by atoms with van der Waals surface area (Å²) in [6.45, 7) is 7.00. The minimum atomic E-state index is 0.123. The molecule has 2 aromatic rings. The summed E-state index contributed by atoms with van der Waals surface area (Å²) in [4.78, 5) is 4.61. The number of aliphatic hydroxyl groups is 1. The number of hydrogen-bond donors (Lipinski definition) is 2. The Bertz CT molecular complexity index is 605. The van der Waals surface area contributed by atoms with Crippen molar-refractivity contribution in [2.75, 3.05) is 18.2 Å². The lowest BCUT2D eigenvalue weighted by atomic mass is 9.99. The Kier molecular flexibility index (Phi) is 4.25. The quantitative estimate of drug-likeness (QED) is 0.639. The van der Waals surface area contributed by atoms with Crippen molar-refractivity contribution in [1.82, 2.24) is 14.8 Å². The second-order valence-corrected chi connectivity index (χ2v) is 5.40. The van der Waals surface area contributed by atoms with E-state index in [1.807, 2.05) is 20.0 Å². The fourth-order valence-corrected chi connectivity index (χ4v) is 2.42. The van der Waals surface area contributed by atoms with Crippen molar-refractivity contribution in [3.8, 4) is 0 Å². The smallest absolute Gasteiger partial charge is 0.160 e. The number of aryl methyl sites for hydroxylation is 2. The molecule has 110 valence electrons. The Labute approximate surface area is 119 Å². The standard InChI is InChI=1S/C14H23N5O/c1-9(2)11-8-12(19(15)6-5-7-20)16-14-13(11)10(3)17-18(14)4/h8-9,20H,5-7,15H2,1-4H3. The Hall–Kier alpha value is -1.66. The zero-order chi connectivity index (χ0) is 14.9. The van der Waals surface area contributed by atoms with Gasteiger partial charge in [-0.05, 0) is 30.9 Å². The lowest BCUT2D eigenvalue weighted by Crippen LogP contribution is -2.33. The normalized spacial score (nSPS) is 11.6. The summed E-state index contributed by atoms with van der Waals surface area (Å²) in [5.41, 5.74) is 3.04. The molecule has 0 atom stereocenters. The summed E-state index contributed by atoms with van der Waals surface area (Å²) < 4.78 is 1.79. The molecule has 3 N–H and O–H groups in total. The number of aromatic nitrogens is 3. The molecule has 0 fully saturated rings. The van der Waals surface area contributed by atoms with Crippen molar-refractivity contribution >= 4 is 16.9 Å². The molecule has 6 nitrogen and oxygen atoms in total. The molecule has 0 amide bonds. The maximum atomic E-state index is 8.91. The first-order valence-corrected chi connectivity index (χ1v) is 6.93. The summed E-state index contributed by atoms with van der Waals surface area (Å²) in [5, 5.41) is 16.1. The summed E-state index contributed by atoms with van der Waals surface area (Å²) in [6.07, 6.45) is 0.623. The van der Waals surface area contributed by atoms with E-state index < -0.39 is 0 Å². The SMILES string of the molecule is Cc1nn(C)c2nc(N(N)CCCO)cc(C(C)C)c12. The van der Waals surface area contributed by atoms with Crippen LogP contribution in [0.5, 0.6) is 0 Å². The number of hydrogen-bond acceptors (Lipinski definition) is 5. The molecule has 0 saturated heterocycles. The van der Waals surface area contributed by atoms with E-state index in [1.54, 1.807) is 9.69 Å². The molecule has 0 aliphatic rings. The average molecular weight is 277 g/mol. The average Bonchev–Trinajstić information content (AvgIpc) is 2.70. The van der Waals surface area contributed by atoms with Crippen molar-refractivity contribution in [3.63, 3.8) is 0 Å². The van der Waals surface area contributed by atoms with Crippen LogP contribution < -0.4 is 10.9 Å². The van der Waals surface area contributed by atoms with Gasteiger partial charge in [-0.15, -0.1) is 0 Å². The van der Waals surface area contributed by atoms with Crippen LogP contribution in [-0.2, 0) is 7.05 Å². The van der Waals surface area contributed by atoms with Gasteiger partial charge in [-0.2, -0.15) is 5.10 Å². The Morgan fingerprint density at radius 2 is 2.15 bits per heavy atom. The van der Waals surface area contributed by atoms with Gasteiger partial charge in [-0.1, -0.05) is 13.8 Å². The van der Waals surface area contributed by atoms with Gasteiger partial charge in [0.2, 0.25) is 0 Å². The van der Waals surface area contributed by atoms with Crippen LogP contribution in [0.2, 0.25) is 0 Å². The zero-order valence-electron chi connectivity index (χ0n) is 12.6. The van der Waals surface area contributed by atoms with E-state index in [0.29, 0.717) is 18.9 Å². The van der Waals surface area contributed by atoms with Crippen molar-refractivity contribution in [2.45, 2.75) is 33.1 Å². The number of pyridine rings is 1. The number of anilines is 1. The molecular weight excluding hydrogens is 254 g/mol. The molecule has 0 aliphatic carbocycles. The fraction of sp³-hybridized carbons (Fsp3) is 0.571. The van der Waals surface area contributed by atoms with E-state index in [4.69, 9.17) is 10.9 Å². The molecule has 2 rings (SSSR count). The topological polar surface area (TPSA) is 80.2 Å². The lowest BCUT2D eigenvalue weighted by molar-refractivity contribution is 0.289. The molecule has 0 radical (unpaired) electrons. The number of rotatable bonds is 5. The summed E-state index contributed by atoms with van der Waals surface area (Å²) in [5.74, 6) is 7.12. The number of nitrogens with zero attached hydrogens (tertiary/aromatic N) is 4. The number of hydrazine groups is 1. The van der Waals surface area contributed by atoms with Crippen LogP contribution in [0.25, 0.3) is 11.0 Å². The first-order chi connectivity index (χ1) is 9.45. The maximum absolute atomic E-state index is 8.91. The third-order valence-electron chi connectivity index (χ3n) is 3.46. The summed E-state index contributed by atoms with van der Waals surface area (Å²) in [7, 11) is 1.89. The second kappa shape index (κ2) is 5.76. The number of fused-ring (bicyclic) bond motifs is 1. The van der Waals surface area contributed by atoms with E-state index >= 15 is 0 Å². The zero-order valence-corrected chi connectivity index (χ0v) is 12.6. The monoisotopic (exact) mass is 277 g/mol. The third kappa shape index (κ3) is 2.62. The summed E-state index contributed by atoms with van der Waals surface area (Å²) in [6, 6.07) is 2.03. The highest BCUT2D eigenvalue weighted by molar-refractivity contribution is 5.84. The van der Waals surface area contributed by atoms with Crippen LogP contribution in [0.15, 0.2) is 6.07 Å². The minimum Gasteiger partial charge on any atom is -0.396 e. The van der Waals surface area contributed by atoms with Gasteiger partial charge in [0.1, 0.15) is 5.82 Å². The van der Waals surface area contributed by atoms with Crippen LogP contribution in [-0.4, -0.2) is 33.0 Å². The highest BCUT2D eigenvalue weighted by atomic mass is 16.3. The van der Waals surface area contributed by atoms with Gasteiger partial charge in [-0.3, -0.25) is 9.69 Å². The van der Waals surface area contributed by atoms with Crippen LogP contribution in [0, 0.1) is 6.92 Å². The van der Waals surface area contributed by atoms with Crippen molar-refractivity contribution in [2.24, 2.45) is 12.9 Å². The minimum absolute atomic E-state index is 0.123. The van der Waals surface area contributed by atoms with Crippen LogP contribution in [0.3, 0.4) is 0 Å². The Morgan fingerprint density at radius 1 is 1.45 bits per heavy atom.